The van der Waals surface area contributed by atoms with E-state index >= 15 is 0 Å². The number of halogens is 2. The maximum atomic E-state index is 11.0. The van der Waals surface area contributed by atoms with Gasteiger partial charge in [0, 0.05) is 10.4 Å². The summed E-state index contributed by atoms with van der Waals surface area (Å²) in [5, 5.41) is 1.42. The van der Waals surface area contributed by atoms with Gasteiger partial charge in [-0.05, 0) is 48.4 Å². The molecule has 2 N–H and O–H groups in total. The molecule has 0 aromatic heterocycles. The van der Waals surface area contributed by atoms with E-state index in [2.05, 4.69) is 15.9 Å². The van der Waals surface area contributed by atoms with E-state index in [1.54, 1.807) is 0 Å². The fourth-order valence-corrected chi connectivity index (χ4v) is 2.98. The number of primary amides is 1. The third-order valence-electron chi connectivity index (χ3n) is 3.51. The van der Waals surface area contributed by atoms with Crippen LogP contribution in [0.1, 0.15) is 45.6 Å². The van der Waals surface area contributed by atoms with Crippen LogP contribution in [-0.2, 0) is 10.1 Å². The SMILES string of the molecule is CC(C)(C)C(CCCCOc1ccc(Cl)c(CBr)c1)OC(N)=O. The predicted octanol–water partition coefficient (Wildman–Crippen LogP) is 5.29. The Morgan fingerprint density at radius 1 is 1.35 bits per heavy atom. The summed E-state index contributed by atoms with van der Waals surface area (Å²) in [6.07, 6.45) is 1.64. The molecule has 1 rings (SSSR count). The lowest BCUT2D eigenvalue weighted by Crippen LogP contribution is -2.33. The van der Waals surface area contributed by atoms with Crippen LogP contribution in [0, 0.1) is 5.41 Å². The lowest BCUT2D eigenvalue weighted by molar-refractivity contribution is 0.0293. The molecule has 1 unspecified atom stereocenters. The quantitative estimate of drug-likeness (QED) is 0.471. The van der Waals surface area contributed by atoms with E-state index in [1.807, 2.05) is 39.0 Å². The highest BCUT2D eigenvalue weighted by Crippen LogP contribution is 2.27. The Bertz CT molecular complexity index is 517. The zero-order chi connectivity index (χ0) is 17.5. The van der Waals surface area contributed by atoms with E-state index in [0.717, 1.165) is 35.6 Å². The number of carbonyl (C=O) groups excluding carboxylic acids is 1. The number of hydrogen-bond donors (Lipinski definition) is 1. The Labute approximate surface area is 151 Å². The monoisotopic (exact) mass is 405 g/mol. The number of rotatable bonds is 8. The highest BCUT2D eigenvalue weighted by molar-refractivity contribution is 9.08. The molecule has 0 radical (unpaired) electrons. The summed E-state index contributed by atoms with van der Waals surface area (Å²) in [7, 11) is 0. The van der Waals surface area contributed by atoms with E-state index in [4.69, 9.17) is 26.8 Å². The topological polar surface area (TPSA) is 61.6 Å². The van der Waals surface area contributed by atoms with Gasteiger partial charge in [-0.15, -0.1) is 0 Å². The van der Waals surface area contributed by atoms with Gasteiger partial charge >= 0.3 is 6.09 Å². The van der Waals surface area contributed by atoms with Gasteiger partial charge in [0.2, 0.25) is 0 Å². The smallest absolute Gasteiger partial charge is 0.404 e. The first-order valence-corrected chi connectivity index (χ1v) is 9.17. The number of ether oxygens (including phenoxy) is 2. The first-order valence-electron chi connectivity index (χ1n) is 7.67. The maximum absolute atomic E-state index is 11.0. The van der Waals surface area contributed by atoms with Gasteiger partial charge in [0.05, 0.1) is 6.61 Å². The maximum Gasteiger partial charge on any atom is 0.404 e. The van der Waals surface area contributed by atoms with Gasteiger partial charge in [-0.1, -0.05) is 48.3 Å². The van der Waals surface area contributed by atoms with Gasteiger partial charge in [-0.25, -0.2) is 4.79 Å². The van der Waals surface area contributed by atoms with Crippen molar-refractivity contribution < 1.29 is 14.3 Å². The summed E-state index contributed by atoms with van der Waals surface area (Å²) < 4.78 is 10.9. The molecule has 6 heteroatoms. The third-order valence-corrected chi connectivity index (χ3v) is 4.49. The molecule has 0 fully saturated rings. The van der Waals surface area contributed by atoms with Crippen LogP contribution < -0.4 is 10.5 Å². The summed E-state index contributed by atoms with van der Waals surface area (Å²) in [5.41, 5.74) is 6.01. The zero-order valence-electron chi connectivity index (χ0n) is 13.9. The molecular weight excluding hydrogens is 382 g/mol. The first-order chi connectivity index (χ1) is 10.7. The fraction of sp³-hybridized carbons (Fsp3) is 0.588. The summed E-state index contributed by atoms with van der Waals surface area (Å²) in [4.78, 5) is 11.0. The molecule has 0 aliphatic heterocycles. The molecule has 0 heterocycles. The van der Waals surface area contributed by atoms with Crippen LogP contribution in [0.25, 0.3) is 0 Å². The number of amides is 1. The van der Waals surface area contributed by atoms with Crippen LogP contribution in [0.4, 0.5) is 4.79 Å². The van der Waals surface area contributed by atoms with Crippen molar-refractivity contribution in [2.45, 2.75) is 51.5 Å². The zero-order valence-corrected chi connectivity index (χ0v) is 16.2. The number of benzene rings is 1. The van der Waals surface area contributed by atoms with E-state index in [9.17, 15) is 4.79 Å². The van der Waals surface area contributed by atoms with E-state index in [-0.39, 0.29) is 11.5 Å². The minimum atomic E-state index is -0.718. The third kappa shape index (κ3) is 7.44. The summed E-state index contributed by atoms with van der Waals surface area (Å²) >= 11 is 9.46. The molecule has 0 saturated heterocycles. The van der Waals surface area contributed by atoms with E-state index in [0.29, 0.717) is 11.9 Å². The van der Waals surface area contributed by atoms with Gasteiger partial charge in [-0.2, -0.15) is 0 Å². The lowest BCUT2D eigenvalue weighted by atomic mass is 9.86. The molecule has 1 aromatic rings. The standard InChI is InChI=1S/C17H25BrClNO3/c1-17(2,3)15(23-16(20)21)6-4-5-9-22-13-7-8-14(19)12(10-13)11-18/h7-8,10,15H,4-6,9,11H2,1-3H3,(H2,20,21). The number of hydrogen-bond acceptors (Lipinski definition) is 3. The highest BCUT2D eigenvalue weighted by Gasteiger charge is 2.27. The largest absolute Gasteiger partial charge is 0.494 e. The van der Waals surface area contributed by atoms with Gasteiger partial charge in [0.15, 0.2) is 0 Å². The number of alkyl halides is 1. The molecule has 0 saturated carbocycles. The minimum Gasteiger partial charge on any atom is -0.494 e. The van der Waals surface area contributed by atoms with Crippen molar-refractivity contribution in [3.05, 3.63) is 28.8 Å². The van der Waals surface area contributed by atoms with E-state index < -0.39 is 6.09 Å². The van der Waals surface area contributed by atoms with Crippen molar-refractivity contribution in [3.63, 3.8) is 0 Å². The van der Waals surface area contributed by atoms with Crippen LogP contribution in [0.5, 0.6) is 5.75 Å². The molecule has 4 nitrogen and oxygen atoms in total. The predicted molar refractivity (Wildman–Crippen MR) is 97.3 cm³/mol. The number of unbranched alkanes of at least 4 members (excludes halogenated alkanes) is 1. The molecule has 0 aliphatic carbocycles. The fourth-order valence-electron chi connectivity index (χ4n) is 2.17. The number of carbonyl (C=O) groups is 1. The Morgan fingerprint density at radius 3 is 2.61 bits per heavy atom. The van der Waals surface area contributed by atoms with E-state index in [1.165, 1.54) is 0 Å². The average molecular weight is 407 g/mol. The van der Waals surface area contributed by atoms with Crippen molar-refractivity contribution in [1.29, 1.82) is 0 Å². The van der Waals surface area contributed by atoms with Crippen LogP contribution in [-0.4, -0.2) is 18.8 Å². The van der Waals surface area contributed by atoms with Crippen molar-refractivity contribution >= 4 is 33.6 Å². The Kier molecular flexibility index (Phi) is 8.20. The second-order valence-corrected chi connectivity index (χ2v) is 7.49. The molecule has 0 spiro atoms. The molecule has 1 aromatic carbocycles. The Hall–Kier alpha value is -0.940. The van der Waals surface area contributed by atoms with Crippen LogP contribution in [0.15, 0.2) is 18.2 Å². The van der Waals surface area contributed by atoms with Crippen LogP contribution in [0.2, 0.25) is 5.02 Å². The van der Waals surface area contributed by atoms with Gasteiger partial charge in [-0.3, -0.25) is 0 Å². The van der Waals surface area contributed by atoms with Crippen molar-refractivity contribution in [1.82, 2.24) is 0 Å². The van der Waals surface area contributed by atoms with Crippen LogP contribution in [0.3, 0.4) is 0 Å². The second kappa shape index (κ2) is 9.38. The Balaban J connectivity index is 2.37. The second-order valence-electron chi connectivity index (χ2n) is 6.52. The van der Waals surface area contributed by atoms with Gasteiger partial charge < -0.3 is 15.2 Å². The molecule has 0 aliphatic rings. The molecule has 1 atom stereocenters. The van der Waals surface area contributed by atoms with Gasteiger partial charge in [0.25, 0.3) is 0 Å². The lowest BCUT2D eigenvalue weighted by Gasteiger charge is -2.29. The molecule has 130 valence electrons. The molecule has 23 heavy (non-hydrogen) atoms. The summed E-state index contributed by atoms with van der Waals surface area (Å²) in [6, 6.07) is 5.64. The first kappa shape index (κ1) is 20.1. The normalized spacial score (nSPS) is 12.7. The van der Waals surface area contributed by atoms with Crippen molar-refractivity contribution in [3.8, 4) is 5.75 Å². The van der Waals surface area contributed by atoms with Crippen LogP contribution >= 0.6 is 27.5 Å². The molecule has 1 amide bonds. The molecular formula is C17H25BrClNO3. The Morgan fingerprint density at radius 2 is 2.04 bits per heavy atom. The highest BCUT2D eigenvalue weighted by atomic mass is 79.9. The minimum absolute atomic E-state index is 0.128. The van der Waals surface area contributed by atoms with Crippen molar-refractivity contribution in [2.24, 2.45) is 11.1 Å². The molecule has 0 bridgehead atoms. The van der Waals surface area contributed by atoms with Gasteiger partial charge in [0.1, 0.15) is 11.9 Å². The average Bonchev–Trinajstić information content (AvgIpc) is 2.45. The van der Waals surface area contributed by atoms with Crippen molar-refractivity contribution in [2.75, 3.05) is 6.61 Å². The summed E-state index contributed by atoms with van der Waals surface area (Å²) in [5.74, 6) is 0.810. The number of nitrogens with two attached hydrogens (primary N) is 1. The summed E-state index contributed by atoms with van der Waals surface area (Å²) in [6.45, 7) is 6.71.